The van der Waals surface area contributed by atoms with Gasteiger partial charge in [0.2, 0.25) is 0 Å². The molecule has 0 atom stereocenters. The summed E-state index contributed by atoms with van der Waals surface area (Å²) in [6.45, 7) is 0. The molecule has 2 N–H and O–H groups in total. The van der Waals surface area contributed by atoms with Gasteiger partial charge in [-0.2, -0.15) is 0 Å². The van der Waals surface area contributed by atoms with Crippen molar-refractivity contribution in [1.82, 2.24) is 9.97 Å². The van der Waals surface area contributed by atoms with Crippen LogP contribution in [-0.4, -0.2) is 29.2 Å². The van der Waals surface area contributed by atoms with Gasteiger partial charge in [-0.3, -0.25) is 0 Å². The molecule has 0 radical (unpaired) electrons. The zero-order valence-corrected chi connectivity index (χ0v) is 13.0. The minimum Gasteiger partial charge on any atom is -0.494 e. The van der Waals surface area contributed by atoms with Crippen LogP contribution in [0, 0.1) is 0 Å². The molecule has 2 heterocycles. The second-order valence-corrected chi connectivity index (χ2v) is 5.83. The van der Waals surface area contributed by atoms with Gasteiger partial charge in [-0.1, -0.05) is 36.4 Å². The molecule has 4 heteroatoms. The number of pyridine rings is 1. The van der Waals surface area contributed by atoms with E-state index in [1.807, 2.05) is 62.6 Å². The quantitative estimate of drug-likeness (QED) is 0.585. The SMILES string of the molecule is CN(C)c1cc(-c2c(O)[nH]c3ccccc23)nc2ccccc12. The Morgan fingerprint density at radius 1 is 0.957 bits per heavy atom. The molecule has 23 heavy (non-hydrogen) atoms. The van der Waals surface area contributed by atoms with Crippen molar-refractivity contribution in [2.24, 2.45) is 0 Å². The van der Waals surface area contributed by atoms with E-state index in [0.717, 1.165) is 38.8 Å². The van der Waals surface area contributed by atoms with Crippen LogP contribution in [0.2, 0.25) is 0 Å². The maximum Gasteiger partial charge on any atom is 0.199 e. The number of fused-ring (bicyclic) bond motifs is 2. The van der Waals surface area contributed by atoms with Crippen molar-refractivity contribution < 1.29 is 5.11 Å². The summed E-state index contributed by atoms with van der Waals surface area (Å²) in [6, 6.07) is 17.9. The van der Waals surface area contributed by atoms with Crippen LogP contribution in [0.25, 0.3) is 33.1 Å². The lowest BCUT2D eigenvalue weighted by atomic mass is 10.1. The lowest BCUT2D eigenvalue weighted by Crippen LogP contribution is -2.09. The molecule has 4 aromatic rings. The van der Waals surface area contributed by atoms with Crippen LogP contribution >= 0.6 is 0 Å². The number of benzene rings is 2. The van der Waals surface area contributed by atoms with Gasteiger partial charge in [-0.15, -0.1) is 0 Å². The molecule has 0 amide bonds. The smallest absolute Gasteiger partial charge is 0.199 e. The molecule has 0 aliphatic rings. The first kappa shape index (κ1) is 13.6. The number of rotatable bonds is 2. The molecule has 4 rings (SSSR count). The monoisotopic (exact) mass is 303 g/mol. The summed E-state index contributed by atoms with van der Waals surface area (Å²) < 4.78 is 0. The van der Waals surface area contributed by atoms with Crippen LogP contribution in [0.4, 0.5) is 5.69 Å². The van der Waals surface area contributed by atoms with Crippen LogP contribution in [0.3, 0.4) is 0 Å². The van der Waals surface area contributed by atoms with E-state index in [4.69, 9.17) is 4.98 Å². The van der Waals surface area contributed by atoms with Gasteiger partial charge in [0.25, 0.3) is 0 Å². The van der Waals surface area contributed by atoms with Gasteiger partial charge in [0.05, 0.1) is 16.8 Å². The molecule has 0 spiro atoms. The van der Waals surface area contributed by atoms with Crippen molar-refractivity contribution in [3.63, 3.8) is 0 Å². The van der Waals surface area contributed by atoms with Crippen molar-refractivity contribution in [2.45, 2.75) is 0 Å². The highest BCUT2D eigenvalue weighted by molar-refractivity contribution is 6.01. The Kier molecular flexibility index (Phi) is 2.98. The summed E-state index contributed by atoms with van der Waals surface area (Å²) in [5.41, 5.74) is 4.41. The number of nitrogens with one attached hydrogen (secondary N) is 1. The molecule has 0 bridgehead atoms. The number of hydrogen-bond acceptors (Lipinski definition) is 3. The Balaban J connectivity index is 2.07. The van der Waals surface area contributed by atoms with Crippen molar-refractivity contribution in [2.75, 3.05) is 19.0 Å². The topological polar surface area (TPSA) is 52.1 Å². The number of nitrogens with zero attached hydrogens (tertiary/aromatic N) is 2. The summed E-state index contributed by atoms with van der Waals surface area (Å²) in [4.78, 5) is 9.86. The zero-order chi connectivity index (χ0) is 16.0. The number of para-hydroxylation sites is 2. The summed E-state index contributed by atoms with van der Waals surface area (Å²) in [5.74, 6) is 0.152. The number of hydrogen-bond donors (Lipinski definition) is 2. The Bertz CT molecular complexity index is 1020. The number of aromatic nitrogens is 2. The highest BCUT2D eigenvalue weighted by Gasteiger charge is 2.16. The molecule has 0 fully saturated rings. The van der Waals surface area contributed by atoms with Crippen LogP contribution in [-0.2, 0) is 0 Å². The average molecular weight is 303 g/mol. The molecule has 0 aliphatic heterocycles. The predicted molar refractivity (Wildman–Crippen MR) is 95.0 cm³/mol. The maximum absolute atomic E-state index is 10.4. The van der Waals surface area contributed by atoms with Crippen molar-refractivity contribution in [3.8, 4) is 17.1 Å². The van der Waals surface area contributed by atoms with E-state index in [9.17, 15) is 5.11 Å². The van der Waals surface area contributed by atoms with Gasteiger partial charge < -0.3 is 15.0 Å². The molecule has 0 unspecified atom stereocenters. The summed E-state index contributed by atoms with van der Waals surface area (Å²) in [5, 5.41) is 12.4. The van der Waals surface area contributed by atoms with E-state index < -0.39 is 0 Å². The minimum absolute atomic E-state index is 0.152. The summed E-state index contributed by atoms with van der Waals surface area (Å²) in [7, 11) is 4.03. The van der Waals surface area contributed by atoms with E-state index in [-0.39, 0.29) is 5.88 Å². The van der Waals surface area contributed by atoms with Crippen LogP contribution in [0.1, 0.15) is 0 Å². The molecule has 0 saturated heterocycles. The third-order valence-electron chi connectivity index (χ3n) is 4.12. The third kappa shape index (κ3) is 2.11. The van der Waals surface area contributed by atoms with E-state index in [1.54, 1.807) is 0 Å². The Morgan fingerprint density at radius 3 is 2.43 bits per heavy atom. The number of aromatic amines is 1. The molecule has 0 saturated carbocycles. The number of anilines is 1. The third-order valence-corrected chi connectivity index (χ3v) is 4.12. The first-order valence-electron chi connectivity index (χ1n) is 7.52. The summed E-state index contributed by atoms with van der Waals surface area (Å²) >= 11 is 0. The second kappa shape index (κ2) is 5.02. The van der Waals surface area contributed by atoms with E-state index >= 15 is 0 Å². The lowest BCUT2D eigenvalue weighted by Gasteiger charge is -2.16. The normalized spacial score (nSPS) is 11.2. The average Bonchev–Trinajstić information content (AvgIpc) is 2.89. The molecule has 4 nitrogen and oxygen atoms in total. The fourth-order valence-electron chi connectivity index (χ4n) is 3.04. The predicted octanol–water partition coefficient (Wildman–Crippen LogP) is 4.15. The van der Waals surface area contributed by atoms with E-state index in [2.05, 4.69) is 16.0 Å². The van der Waals surface area contributed by atoms with Crippen molar-refractivity contribution >= 4 is 27.5 Å². The van der Waals surface area contributed by atoms with Gasteiger partial charge in [-0.25, -0.2) is 4.98 Å². The minimum atomic E-state index is 0.152. The highest BCUT2D eigenvalue weighted by atomic mass is 16.3. The van der Waals surface area contributed by atoms with Crippen molar-refractivity contribution in [3.05, 3.63) is 54.6 Å². The standard InChI is InChI=1S/C19H17N3O/c1-22(2)17-11-16(20-14-9-5-3-7-12(14)17)18-13-8-4-6-10-15(13)21-19(18)23/h3-11,21,23H,1-2H3. The fourth-order valence-corrected chi connectivity index (χ4v) is 3.04. The molecular weight excluding hydrogens is 286 g/mol. The number of aromatic hydroxyl groups is 1. The first-order valence-corrected chi connectivity index (χ1v) is 7.52. The largest absolute Gasteiger partial charge is 0.494 e. The Labute approximate surface area is 134 Å². The molecule has 114 valence electrons. The van der Waals surface area contributed by atoms with Gasteiger partial charge >= 0.3 is 0 Å². The fraction of sp³-hybridized carbons (Fsp3) is 0.105. The van der Waals surface area contributed by atoms with Gasteiger partial charge in [0.15, 0.2) is 5.88 Å². The molecule has 2 aromatic heterocycles. The number of H-pyrrole nitrogens is 1. The van der Waals surface area contributed by atoms with Crippen LogP contribution < -0.4 is 4.90 Å². The van der Waals surface area contributed by atoms with E-state index in [1.165, 1.54) is 0 Å². The van der Waals surface area contributed by atoms with Crippen LogP contribution in [0.5, 0.6) is 5.88 Å². The molecule has 2 aromatic carbocycles. The highest BCUT2D eigenvalue weighted by Crippen LogP contribution is 2.38. The van der Waals surface area contributed by atoms with E-state index in [0.29, 0.717) is 0 Å². The van der Waals surface area contributed by atoms with Gasteiger partial charge in [-0.05, 0) is 18.2 Å². The van der Waals surface area contributed by atoms with Gasteiger partial charge in [0, 0.05) is 36.1 Å². The summed E-state index contributed by atoms with van der Waals surface area (Å²) in [6.07, 6.45) is 0. The Hall–Kier alpha value is -3.01. The molecular formula is C19H17N3O. The lowest BCUT2D eigenvalue weighted by molar-refractivity contribution is 0.460. The zero-order valence-electron chi connectivity index (χ0n) is 13.0. The Morgan fingerprint density at radius 2 is 1.65 bits per heavy atom. The van der Waals surface area contributed by atoms with Crippen molar-refractivity contribution in [1.29, 1.82) is 0 Å². The maximum atomic E-state index is 10.4. The van der Waals surface area contributed by atoms with Gasteiger partial charge in [0.1, 0.15) is 0 Å². The first-order chi connectivity index (χ1) is 11.1. The van der Waals surface area contributed by atoms with Crippen LogP contribution in [0.15, 0.2) is 54.6 Å². The molecule has 0 aliphatic carbocycles. The second-order valence-electron chi connectivity index (χ2n) is 5.83.